The molecule has 1 aromatic heterocycles. The van der Waals surface area contributed by atoms with E-state index in [9.17, 15) is 18.3 Å². The second-order valence-corrected chi connectivity index (χ2v) is 11.0. The van der Waals surface area contributed by atoms with Crippen molar-refractivity contribution in [2.45, 2.75) is 39.5 Å². The summed E-state index contributed by atoms with van der Waals surface area (Å²) >= 11 is 1.23. The number of rotatable bonds is 14. The van der Waals surface area contributed by atoms with Gasteiger partial charge in [0.25, 0.3) is 0 Å². The summed E-state index contributed by atoms with van der Waals surface area (Å²) in [6.07, 6.45) is -3.34. The average Bonchev–Trinajstić information content (AvgIpc) is 3.53. The van der Waals surface area contributed by atoms with E-state index in [2.05, 4.69) is 25.3 Å². The predicted octanol–water partition coefficient (Wildman–Crippen LogP) is 6.14. The highest BCUT2D eigenvalue weighted by atomic mass is 32.2. The van der Waals surface area contributed by atoms with Gasteiger partial charge in [-0.25, -0.2) is 14.7 Å². The number of aliphatic hydroxyl groups is 1. The molecule has 0 aliphatic heterocycles. The molecular weight excluding hydrogens is 637 g/mol. The Bertz CT molecular complexity index is 1610. The van der Waals surface area contributed by atoms with Gasteiger partial charge < -0.3 is 24.1 Å². The Hall–Kier alpha value is -4.28. The molecule has 0 spiro atoms. The Labute approximate surface area is 274 Å². The van der Waals surface area contributed by atoms with E-state index in [0.717, 1.165) is 27.9 Å². The number of nitrogens with zero attached hydrogens (tertiary/aromatic N) is 5. The molecule has 0 aliphatic carbocycles. The SMILES string of the molecule is COCCOC(C)C(O)OCSC(=Nc1c(C)cccc1C)N/N=C\c1ccc(-c2ncn(-c3ccc(OC(F)(F)F)cc3)n2)cc1. The maximum Gasteiger partial charge on any atom is 0.573 e. The fourth-order valence-corrected chi connectivity index (χ4v) is 4.66. The van der Waals surface area contributed by atoms with E-state index in [1.165, 1.54) is 47.0 Å². The third kappa shape index (κ3) is 11.2. The maximum absolute atomic E-state index is 12.4. The van der Waals surface area contributed by atoms with Gasteiger partial charge in [0.2, 0.25) is 0 Å². The first-order valence-corrected chi connectivity index (χ1v) is 15.4. The largest absolute Gasteiger partial charge is 0.573 e. The molecule has 0 radical (unpaired) electrons. The molecule has 0 saturated heterocycles. The van der Waals surface area contributed by atoms with Gasteiger partial charge in [-0.2, -0.15) is 5.10 Å². The van der Waals surface area contributed by atoms with Gasteiger partial charge in [0.05, 0.1) is 30.8 Å². The summed E-state index contributed by atoms with van der Waals surface area (Å²) < 4.78 is 58.7. The number of aryl methyl sites for hydroxylation is 2. The Balaban J connectivity index is 1.39. The van der Waals surface area contributed by atoms with E-state index in [4.69, 9.17) is 19.2 Å². The second kappa shape index (κ2) is 17.0. The molecule has 11 nitrogen and oxygen atoms in total. The number of ether oxygens (including phenoxy) is 4. The lowest BCUT2D eigenvalue weighted by Crippen LogP contribution is -2.30. The molecule has 0 saturated carbocycles. The maximum atomic E-state index is 12.4. The number of para-hydroxylation sites is 1. The van der Waals surface area contributed by atoms with Crippen LogP contribution in [0.2, 0.25) is 0 Å². The van der Waals surface area contributed by atoms with Gasteiger partial charge in [0, 0.05) is 12.7 Å². The van der Waals surface area contributed by atoms with Gasteiger partial charge in [-0.15, -0.1) is 18.3 Å². The number of aromatic nitrogens is 3. The van der Waals surface area contributed by atoms with E-state index in [1.54, 1.807) is 20.2 Å². The lowest BCUT2D eigenvalue weighted by molar-refractivity contribution is -0.274. The molecule has 2 atom stereocenters. The summed E-state index contributed by atoms with van der Waals surface area (Å²) in [7, 11) is 1.57. The van der Waals surface area contributed by atoms with E-state index in [1.807, 2.05) is 56.3 Å². The van der Waals surface area contributed by atoms with Crippen LogP contribution in [-0.2, 0) is 14.2 Å². The van der Waals surface area contributed by atoms with Gasteiger partial charge in [0.15, 0.2) is 17.3 Å². The average molecular weight is 673 g/mol. The summed E-state index contributed by atoms with van der Waals surface area (Å²) in [5, 5.41) is 19.5. The topological polar surface area (TPSA) is 125 Å². The molecule has 250 valence electrons. The van der Waals surface area contributed by atoms with Gasteiger partial charge >= 0.3 is 6.36 Å². The van der Waals surface area contributed by atoms with Crippen LogP contribution in [0, 0.1) is 13.8 Å². The Kier molecular flexibility index (Phi) is 12.9. The summed E-state index contributed by atoms with van der Waals surface area (Å²) in [5.41, 5.74) is 7.80. The van der Waals surface area contributed by atoms with Crippen molar-refractivity contribution in [3.05, 3.63) is 89.7 Å². The van der Waals surface area contributed by atoms with Crippen LogP contribution >= 0.6 is 11.8 Å². The van der Waals surface area contributed by atoms with Crippen LogP contribution in [0.25, 0.3) is 17.1 Å². The Morgan fingerprint density at radius 3 is 2.38 bits per heavy atom. The molecule has 15 heteroatoms. The minimum Gasteiger partial charge on any atom is -0.406 e. The standard InChI is InChI=1S/C32H35F3N6O5S/c1-21-6-5-7-22(2)28(21)38-31(47-20-45-30(42)23(3)44-17-16-43-4)39-37-18-24-8-10-25(11-9-24)29-36-19-41(40-29)26-12-14-27(15-13-26)46-32(33,34)35/h5-15,18-19,23,30,42H,16-17,20H2,1-4H3,(H,38,39)/b37-18-. The Morgan fingerprint density at radius 2 is 1.72 bits per heavy atom. The van der Waals surface area contributed by atoms with Crippen LogP contribution in [0.3, 0.4) is 0 Å². The molecule has 4 aromatic rings. The summed E-state index contributed by atoms with van der Waals surface area (Å²) in [6.45, 7) is 6.40. The molecule has 0 aliphatic rings. The first-order chi connectivity index (χ1) is 22.5. The van der Waals surface area contributed by atoms with Crippen LogP contribution in [0.5, 0.6) is 5.75 Å². The fraction of sp³-hybridized carbons (Fsp3) is 0.312. The van der Waals surface area contributed by atoms with Crippen molar-refractivity contribution in [2.75, 3.05) is 26.3 Å². The quantitative estimate of drug-likeness (QED) is 0.0535. The minimum atomic E-state index is -4.76. The number of halogens is 3. The predicted molar refractivity (Wildman–Crippen MR) is 174 cm³/mol. The van der Waals surface area contributed by atoms with Gasteiger partial charge in [-0.05, 0) is 61.7 Å². The molecule has 3 aromatic carbocycles. The zero-order valence-electron chi connectivity index (χ0n) is 26.1. The van der Waals surface area contributed by atoms with E-state index in [0.29, 0.717) is 29.9 Å². The van der Waals surface area contributed by atoms with Gasteiger partial charge in [0.1, 0.15) is 24.1 Å². The van der Waals surface area contributed by atoms with Gasteiger partial charge in [-0.3, -0.25) is 5.43 Å². The number of benzene rings is 3. The number of hydrogen-bond donors (Lipinski definition) is 2. The van der Waals surface area contributed by atoms with Crippen molar-refractivity contribution in [3.63, 3.8) is 0 Å². The van der Waals surface area contributed by atoms with Crippen molar-refractivity contribution in [3.8, 4) is 22.8 Å². The van der Waals surface area contributed by atoms with Crippen molar-refractivity contribution in [2.24, 2.45) is 10.1 Å². The van der Waals surface area contributed by atoms with Crippen LogP contribution in [-0.4, -0.2) is 76.3 Å². The molecule has 1 heterocycles. The van der Waals surface area contributed by atoms with Crippen molar-refractivity contribution in [1.29, 1.82) is 0 Å². The third-order valence-corrected chi connectivity index (χ3v) is 7.24. The molecule has 4 rings (SSSR count). The molecule has 0 amide bonds. The van der Waals surface area contributed by atoms with Crippen LogP contribution in [0.1, 0.15) is 23.6 Å². The highest BCUT2D eigenvalue weighted by Crippen LogP contribution is 2.26. The minimum absolute atomic E-state index is 0.0885. The fourth-order valence-electron chi connectivity index (χ4n) is 4.07. The highest BCUT2D eigenvalue weighted by molar-refractivity contribution is 8.13. The number of aliphatic imine (C=N–C) groups is 1. The zero-order valence-corrected chi connectivity index (χ0v) is 27.0. The molecule has 2 unspecified atom stereocenters. The van der Waals surface area contributed by atoms with E-state index in [-0.39, 0.29) is 11.7 Å². The monoisotopic (exact) mass is 672 g/mol. The number of alkyl halides is 3. The van der Waals surface area contributed by atoms with E-state index < -0.39 is 18.8 Å². The molecule has 0 bridgehead atoms. The zero-order chi connectivity index (χ0) is 33.8. The van der Waals surface area contributed by atoms with Crippen molar-refractivity contribution in [1.82, 2.24) is 20.2 Å². The van der Waals surface area contributed by atoms with Gasteiger partial charge in [-0.1, -0.05) is 54.2 Å². The number of aliphatic hydroxyl groups excluding tert-OH is 1. The number of amidine groups is 1. The third-order valence-electron chi connectivity index (χ3n) is 6.53. The second-order valence-electron chi connectivity index (χ2n) is 10.1. The Morgan fingerprint density at radius 1 is 1.02 bits per heavy atom. The van der Waals surface area contributed by atoms with Crippen molar-refractivity contribution >= 4 is 28.8 Å². The van der Waals surface area contributed by atoms with Crippen LogP contribution < -0.4 is 10.2 Å². The lowest BCUT2D eigenvalue weighted by atomic mass is 10.1. The summed E-state index contributed by atoms with van der Waals surface area (Å²) in [6, 6.07) is 18.6. The van der Waals surface area contributed by atoms with E-state index >= 15 is 0 Å². The highest BCUT2D eigenvalue weighted by Gasteiger charge is 2.31. The summed E-state index contributed by atoms with van der Waals surface area (Å²) in [4.78, 5) is 9.08. The lowest BCUT2D eigenvalue weighted by Gasteiger charge is -2.19. The number of hydrogen-bond acceptors (Lipinski definition) is 10. The normalized spacial score (nSPS) is 13.6. The molecule has 47 heavy (non-hydrogen) atoms. The first-order valence-electron chi connectivity index (χ1n) is 14.4. The smallest absolute Gasteiger partial charge is 0.406 e. The number of nitrogens with one attached hydrogen (secondary N) is 1. The number of thioether (sulfide) groups is 1. The van der Waals surface area contributed by atoms with Crippen LogP contribution in [0.4, 0.5) is 18.9 Å². The molecule has 0 fully saturated rings. The van der Waals surface area contributed by atoms with Crippen LogP contribution in [0.15, 0.2) is 83.2 Å². The van der Waals surface area contributed by atoms with Crippen molar-refractivity contribution < 1.29 is 37.2 Å². The molecule has 2 N–H and O–H groups in total. The number of methoxy groups -OCH3 is 1. The summed E-state index contributed by atoms with van der Waals surface area (Å²) in [5.74, 6) is 0.199. The molecular formula is C32H35F3N6O5S. The number of hydrazone groups is 1. The first kappa shape index (κ1) is 35.6.